The third-order valence-corrected chi connectivity index (χ3v) is 10.1. The summed E-state index contributed by atoms with van der Waals surface area (Å²) in [5.41, 5.74) is 7.53. The molecular weight excluding hydrogens is 747 g/mol. The zero-order valence-corrected chi connectivity index (χ0v) is 32.9. The minimum Gasteiger partial charge on any atom is -0.481 e. The van der Waals surface area contributed by atoms with Gasteiger partial charge in [-0.1, -0.05) is 51.1 Å². The van der Waals surface area contributed by atoms with Crippen molar-refractivity contribution in [3.05, 3.63) is 83.7 Å². The Morgan fingerprint density at radius 3 is 2.25 bits per heavy atom. The number of nitrogens with two attached hydrogens (primary N) is 1. The van der Waals surface area contributed by atoms with Crippen molar-refractivity contribution < 1.29 is 47.8 Å². The van der Waals surface area contributed by atoms with Crippen LogP contribution in [0, 0.1) is 23.0 Å². The van der Waals surface area contributed by atoms with Crippen LogP contribution >= 0.6 is 11.8 Å². The van der Waals surface area contributed by atoms with Crippen LogP contribution in [-0.4, -0.2) is 86.1 Å². The Hall–Kier alpha value is -4.89. The third-order valence-electron chi connectivity index (χ3n) is 9.03. The Morgan fingerprint density at radius 2 is 1.61 bits per heavy atom. The fourth-order valence-corrected chi connectivity index (χ4v) is 7.32. The topological polar surface area (TPSA) is 189 Å². The fraction of sp³-hybridized carbons (Fsp3) is 0.463. The molecule has 56 heavy (non-hydrogen) atoms. The van der Waals surface area contributed by atoms with Gasteiger partial charge in [0.1, 0.15) is 17.4 Å². The van der Waals surface area contributed by atoms with Crippen LogP contribution in [0.5, 0.6) is 0 Å². The Labute approximate surface area is 330 Å². The molecule has 2 unspecified atom stereocenters. The molecule has 3 aromatic rings. The van der Waals surface area contributed by atoms with E-state index in [-0.39, 0.29) is 86.2 Å². The Balaban J connectivity index is 1.74. The normalized spacial score (nSPS) is 12.5. The first kappa shape index (κ1) is 45.5. The first-order chi connectivity index (χ1) is 26.5. The number of ketones is 2. The number of thioether (sulfide) groups is 1. The molecule has 2 amide bonds. The number of aliphatic carboxylic acids is 2. The van der Waals surface area contributed by atoms with Crippen molar-refractivity contribution >= 4 is 47.1 Å². The lowest BCUT2D eigenvalue weighted by Gasteiger charge is -2.41. The van der Waals surface area contributed by atoms with E-state index in [0.717, 1.165) is 35.5 Å². The number of rotatable bonds is 24. The van der Waals surface area contributed by atoms with E-state index in [1.807, 2.05) is 55.7 Å². The van der Waals surface area contributed by atoms with E-state index < -0.39 is 46.9 Å². The van der Waals surface area contributed by atoms with Gasteiger partial charge in [0.15, 0.2) is 5.78 Å². The van der Waals surface area contributed by atoms with Crippen molar-refractivity contribution in [2.24, 2.45) is 17.1 Å². The van der Waals surface area contributed by atoms with Gasteiger partial charge >= 0.3 is 11.9 Å². The highest BCUT2D eigenvalue weighted by Crippen LogP contribution is 2.41. The van der Waals surface area contributed by atoms with Crippen LogP contribution in [0.15, 0.2) is 60.8 Å². The second-order valence-corrected chi connectivity index (χ2v) is 15.8. The van der Waals surface area contributed by atoms with Crippen molar-refractivity contribution in [2.45, 2.75) is 78.3 Å². The molecule has 5 N–H and O–H groups in total. The number of Topliss-reactive ketones (excluding diaryl/α,β-unsaturated/α-hetero) is 2. The lowest BCUT2D eigenvalue weighted by Crippen LogP contribution is -2.44. The summed E-state index contributed by atoms with van der Waals surface area (Å²) in [5, 5.41) is 20.9. The molecule has 0 aliphatic heterocycles. The molecule has 2 atom stereocenters. The minimum absolute atomic E-state index is 0.0209. The summed E-state index contributed by atoms with van der Waals surface area (Å²) < 4.78 is 31.4. The van der Waals surface area contributed by atoms with Crippen molar-refractivity contribution in [3.63, 3.8) is 0 Å². The molecule has 2 aromatic carbocycles. The molecular formula is C41H52F2N4O8S. The second kappa shape index (κ2) is 22.0. The molecule has 0 aliphatic carbocycles. The SMILES string of the molecule is CC(C)(C)C(c1cc(-c2cc(F)ccc2F)cn1Cc1ccccc1)N(CCCN)C(=O)CSCC(CC(=O)CCCC(=O)CNC(=O)CCC(=O)O)C(=O)O. The van der Waals surface area contributed by atoms with Gasteiger partial charge in [-0.05, 0) is 54.6 Å². The molecule has 304 valence electrons. The van der Waals surface area contributed by atoms with Crippen LogP contribution in [0.1, 0.15) is 83.0 Å². The molecule has 0 fully saturated rings. The second-order valence-electron chi connectivity index (χ2n) is 14.7. The quantitative estimate of drug-likeness (QED) is 0.0855. The molecule has 0 spiro atoms. The fourth-order valence-electron chi connectivity index (χ4n) is 6.31. The van der Waals surface area contributed by atoms with Gasteiger partial charge in [-0.2, -0.15) is 11.8 Å². The number of amides is 2. The third kappa shape index (κ3) is 14.6. The van der Waals surface area contributed by atoms with E-state index in [9.17, 15) is 38.3 Å². The van der Waals surface area contributed by atoms with E-state index in [4.69, 9.17) is 10.8 Å². The molecule has 0 saturated carbocycles. The minimum atomic E-state index is -1.19. The lowest BCUT2D eigenvalue weighted by atomic mass is 9.83. The zero-order valence-electron chi connectivity index (χ0n) is 32.1. The summed E-state index contributed by atoms with van der Waals surface area (Å²) in [6, 6.07) is 14.1. The van der Waals surface area contributed by atoms with Crippen molar-refractivity contribution in [2.75, 3.05) is 31.1 Å². The predicted octanol–water partition coefficient (Wildman–Crippen LogP) is 5.86. The van der Waals surface area contributed by atoms with Gasteiger partial charge in [0, 0.05) is 67.5 Å². The molecule has 0 bridgehead atoms. The van der Waals surface area contributed by atoms with Gasteiger partial charge in [-0.15, -0.1) is 0 Å². The highest BCUT2D eigenvalue weighted by atomic mass is 32.2. The number of carbonyl (C=O) groups is 6. The molecule has 0 aliphatic rings. The van der Waals surface area contributed by atoms with Gasteiger partial charge in [-0.25, -0.2) is 8.78 Å². The number of hydrogen-bond donors (Lipinski definition) is 4. The van der Waals surface area contributed by atoms with Gasteiger partial charge < -0.3 is 30.7 Å². The van der Waals surface area contributed by atoms with Crippen molar-refractivity contribution in [1.29, 1.82) is 0 Å². The Bertz CT molecular complexity index is 1830. The first-order valence-corrected chi connectivity index (χ1v) is 19.7. The highest BCUT2D eigenvalue weighted by Gasteiger charge is 2.37. The van der Waals surface area contributed by atoms with E-state index >= 15 is 4.39 Å². The van der Waals surface area contributed by atoms with Crippen LogP contribution in [0.2, 0.25) is 0 Å². The first-order valence-electron chi connectivity index (χ1n) is 18.5. The molecule has 1 heterocycles. The number of hydrogen-bond acceptors (Lipinski definition) is 8. The predicted molar refractivity (Wildman–Crippen MR) is 210 cm³/mol. The maximum absolute atomic E-state index is 15.1. The number of nitrogens with one attached hydrogen (secondary N) is 1. The smallest absolute Gasteiger partial charge is 0.307 e. The van der Waals surface area contributed by atoms with Crippen LogP contribution in [0.3, 0.4) is 0 Å². The number of carbonyl (C=O) groups excluding carboxylic acids is 4. The average Bonchev–Trinajstić information content (AvgIpc) is 3.53. The maximum atomic E-state index is 15.1. The van der Waals surface area contributed by atoms with Crippen molar-refractivity contribution in [1.82, 2.24) is 14.8 Å². The van der Waals surface area contributed by atoms with Gasteiger partial charge in [0.2, 0.25) is 11.8 Å². The Kier molecular flexibility index (Phi) is 17.9. The molecule has 0 radical (unpaired) electrons. The zero-order chi connectivity index (χ0) is 41.4. The van der Waals surface area contributed by atoms with Crippen LogP contribution in [0.4, 0.5) is 8.78 Å². The van der Waals surface area contributed by atoms with E-state index in [2.05, 4.69) is 5.32 Å². The molecule has 1 aromatic heterocycles. The monoisotopic (exact) mass is 798 g/mol. The Morgan fingerprint density at radius 1 is 0.911 bits per heavy atom. The molecule has 15 heteroatoms. The van der Waals surface area contributed by atoms with Gasteiger partial charge in [0.05, 0.1) is 30.7 Å². The average molecular weight is 799 g/mol. The summed E-state index contributed by atoms with van der Waals surface area (Å²) in [7, 11) is 0. The number of carboxylic acid groups (broad SMARTS) is 2. The van der Waals surface area contributed by atoms with E-state index in [0.29, 0.717) is 30.8 Å². The summed E-state index contributed by atoms with van der Waals surface area (Å²) in [5.74, 6) is -6.25. The number of nitrogens with zero attached hydrogens (tertiary/aromatic N) is 2. The number of aromatic nitrogens is 1. The standard InChI is InChI=1S/C41H52F2N4O8S/c1-41(2,3)39(35-20-28(33-21-30(42)13-14-34(33)43)24-46(35)23-27-9-5-4-6-10-27)47(18-8-17-44)37(51)26-56-25-29(40(54)55)19-31(48)11-7-12-32(49)22-45-36(50)15-16-38(52)53/h4-6,9-10,13-14,20-21,24,29,39H,7-8,11-12,15-19,22-23,25-26,44H2,1-3H3,(H,45,50)(H,52,53)(H,54,55). The largest absolute Gasteiger partial charge is 0.481 e. The van der Waals surface area contributed by atoms with E-state index in [1.165, 1.54) is 0 Å². The van der Waals surface area contributed by atoms with Gasteiger partial charge in [0.25, 0.3) is 0 Å². The van der Waals surface area contributed by atoms with E-state index in [1.54, 1.807) is 17.2 Å². The van der Waals surface area contributed by atoms with Crippen molar-refractivity contribution in [3.8, 4) is 11.1 Å². The van der Waals surface area contributed by atoms with Gasteiger partial charge in [-0.3, -0.25) is 28.8 Å². The summed E-state index contributed by atoms with van der Waals surface area (Å²) in [6.45, 7) is 6.62. The summed E-state index contributed by atoms with van der Waals surface area (Å²) in [4.78, 5) is 75.0. The molecule has 12 nitrogen and oxygen atoms in total. The van der Waals surface area contributed by atoms with Crippen LogP contribution in [-0.2, 0) is 35.3 Å². The number of benzene rings is 2. The number of carboxylic acids is 2. The molecule has 3 rings (SSSR count). The summed E-state index contributed by atoms with van der Waals surface area (Å²) in [6.07, 6.45) is 1.42. The van der Waals surface area contributed by atoms with Crippen LogP contribution in [0.25, 0.3) is 11.1 Å². The molecule has 0 saturated heterocycles. The van der Waals surface area contributed by atoms with Crippen LogP contribution < -0.4 is 11.1 Å². The number of halogens is 2. The lowest BCUT2D eigenvalue weighted by molar-refractivity contribution is -0.143. The maximum Gasteiger partial charge on any atom is 0.307 e. The highest BCUT2D eigenvalue weighted by molar-refractivity contribution is 7.99. The summed E-state index contributed by atoms with van der Waals surface area (Å²) >= 11 is 1.10.